The van der Waals surface area contributed by atoms with Crippen molar-refractivity contribution >= 4 is 17.9 Å². The Hall–Kier alpha value is -3.09. The molecule has 26 heavy (non-hydrogen) atoms. The summed E-state index contributed by atoms with van der Waals surface area (Å²) in [5.74, 6) is 1.41. The van der Waals surface area contributed by atoms with E-state index in [1.165, 1.54) is 0 Å². The molecular weight excluding hydrogens is 330 g/mol. The number of hydrogen-bond donors (Lipinski definition) is 0. The molecule has 1 fully saturated rings. The Morgan fingerprint density at radius 2 is 2.12 bits per heavy atom. The normalized spacial score (nSPS) is 18.3. The van der Waals surface area contributed by atoms with E-state index in [4.69, 9.17) is 4.74 Å². The van der Waals surface area contributed by atoms with Crippen molar-refractivity contribution in [3.8, 4) is 11.4 Å². The topological polar surface area (TPSA) is 63.0 Å². The van der Waals surface area contributed by atoms with Gasteiger partial charge in [0.1, 0.15) is 11.4 Å². The number of aryl methyl sites for hydroxylation is 1. The first-order valence-electron chi connectivity index (χ1n) is 8.59. The Morgan fingerprint density at radius 1 is 1.27 bits per heavy atom. The molecule has 0 radical (unpaired) electrons. The lowest BCUT2D eigenvalue weighted by molar-refractivity contribution is -0.123. The summed E-state index contributed by atoms with van der Waals surface area (Å²) < 4.78 is 7.45. The van der Waals surface area contributed by atoms with Gasteiger partial charge in [-0.25, -0.2) is 9.98 Å². The molecule has 2 aromatic rings. The van der Waals surface area contributed by atoms with Crippen molar-refractivity contribution in [1.82, 2.24) is 19.4 Å². The molecule has 0 atom stereocenters. The monoisotopic (exact) mass is 351 g/mol. The van der Waals surface area contributed by atoms with E-state index in [9.17, 15) is 4.79 Å². The van der Waals surface area contributed by atoms with Gasteiger partial charge in [0.2, 0.25) is 5.96 Å². The molecule has 0 unspecified atom stereocenters. The van der Waals surface area contributed by atoms with Gasteiger partial charge in [-0.05, 0) is 37.1 Å². The molecule has 7 heteroatoms. The molecule has 0 N–H and O–H groups in total. The predicted molar refractivity (Wildman–Crippen MR) is 99.2 cm³/mol. The quantitative estimate of drug-likeness (QED) is 0.794. The van der Waals surface area contributed by atoms with Gasteiger partial charge in [0.05, 0.1) is 24.8 Å². The van der Waals surface area contributed by atoms with Crippen molar-refractivity contribution in [3.63, 3.8) is 0 Å². The van der Waals surface area contributed by atoms with Crippen LogP contribution >= 0.6 is 0 Å². The number of nitrogens with zero attached hydrogens (tertiary/aromatic N) is 5. The first-order chi connectivity index (χ1) is 12.6. The van der Waals surface area contributed by atoms with E-state index in [0.29, 0.717) is 11.4 Å². The van der Waals surface area contributed by atoms with Gasteiger partial charge in [-0.1, -0.05) is 6.07 Å². The van der Waals surface area contributed by atoms with Crippen LogP contribution in [0.1, 0.15) is 17.7 Å². The van der Waals surface area contributed by atoms with Gasteiger partial charge in [-0.15, -0.1) is 0 Å². The SMILES string of the molecule is COc1cc(/C=C2\N=C3N(C)CCCN3C2=O)ccc1-n1cnc(C)c1. The molecule has 1 aromatic carbocycles. The lowest BCUT2D eigenvalue weighted by Crippen LogP contribution is -2.47. The predicted octanol–water partition coefficient (Wildman–Crippen LogP) is 2.06. The van der Waals surface area contributed by atoms with E-state index in [1.807, 2.05) is 53.9 Å². The Bertz CT molecular complexity index is 928. The number of benzene rings is 1. The summed E-state index contributed by atoms with van der Waals surface area (Å²) >= 11 is 0. The number of carbonyl (C=O) groups excluding carboxylic acids is 1. The maximum absolute atomic E-state index is 12.6. The highest BCUT2D eigenvalue weighted by Crippen LogP contribution is 2.27. The number of ether oxygens (including phenoxy) is 1. The zero-order chi connectivity index (χ0) is 18.3. The van der Waals surface area contributed by atoms with Crippen molar-refractivity contribution in [2.24, 2.45) is 4.99 Å². The smallest absolute Gasteiger partial charge is 0.279 e. The average molecular weight is 351 g/mol. The van der Waals surface area contributed by atoms with E-state index >= 15 is 0 Å². The van der Waals surface area contributed by atoms with Gasteiger partial charge >= 0.3 is 0 Å². The fraction of sp³-hybridized carbons (Fsp3) is 0.316. The zero-order valence-corrected chi connectivity index (χ0v) is 15.1. The molecule has 0 saturated carbocycles. The number of hydrogen-bond acceptors (Lipinski definition) is 5. The molecule has 7 nitrogen and oxygen atoms in total. The number of methoxy groups -OCH3 is 1. The van der Waals surface area contributed by atoms with Crippen LogP contribution in [0.5, 0.6) is 5.75 Å². The number of guanidine groups is 1. The van der Waals surface area contributed by atoms with Crippen LogP contribution in [-0.2, 0) is 4.79 Å². The summed E-state index contributed by atoms with van der Waals surface area (Å²) in [6.45, 7) is 3.59. The summed E-state index contributed by atoms with van der Waals surface area (Å²) in [6, 6.07) is 5.82. The molecule has 2 aliphatic rings. The van der Waals surface area contributed by atoms with Crippen LogP contribution in [0, 0.1) is 6.92 Å². The molecule has 1 aromatic heterocycles. The molecule has 1 amide bonds. The van der Waals surface area contributed by atoms with E-state index in [2.05, 4.69) is 9.98 Å². The highest BCUT2D eigenvalue weighted by Gasteiger charge is 2.34. The Kier molecular flexibility index (Phi) is 3.99. The number of fused-ring (bicyclic) bond motifs is 1. The molecule has 1 saturated heterocycles. The standard InChI is InChI=1S/C19H21N5O2/c1-13-11-23(12-20-13)16-6-5-14(10-17(16)26-3)9-15-18(25)24-8-4-7-22(2)19(24)21-15/h5-6,9-12H,4,7-8H2,1-3H3/b15-9-. The largest absolute Gasteiger partial charge is 0.495 e. The number of aliphatic imine (C=N–C) groups is 1. The fourth-order valence-corrected chi connectivity index (χ4v) is 3.31. The van der Waals surface area contributed by atoms with Gasteiger partial charge in [-0.3, -0.25) is 9.69 Å². The highest BCUT2D eigenvalue weighted by atomic mass is 16.5. The molecular formula is C19H21N5O2. The molecule has 4 rings (SSSR count). The summed E-state index contributed by atoms with van der Waals surface area (Å²) in [5.41, 5.74) is 3.17. The fourth-order valence-electron chi connectivity index (χ4n) is 3.31. The minimum absolute atomic E-state index is 0.0418. The minimum Gasteiger partial charge on any atom is -0.495 e. The van der Waals surface area contributed by atoms with Crippen LogP contribution in [0.2, 0.25) is 0 Å². The second-order valence-corrected chi connectivity index (χ2v) is 6.53. The molecule has 0 aliphatic carbocycles. The van der Waals surface area contributed by atoms with Crippen molar-refractivity contribution < 1.29 is 9.53 Å². The van der Waals surface area contributed by atoms with Crippen LogP contribution in [0.4, 0.5) is 0 Å². The average Bonchev–Trinajstić information content (AvgIpc) is 3.20. The van der Waals surface area contributed by atoms with Crippen LogP contribution in [0.3, 0.4) is 0 Å². The molecule has 134 valence electrons. The van der Waals surface area contributed by atoms with E-state index in [0.717, 1.165) is 42.4 Å². The number of amides is 1. The molecule has 0 spiro atoms. The third-order valence-electron chi connectivity index (χ3n) is 4.64. The first-order valence-corrected chi connectivity index (χ1v) is 8.59. The van der Waals surface area contributed by atoms with Gasteiger partial charge < -0.3 is 14.2 Å². The van der Waals surface area contributed by atoms with E-state index < -0.39 is 0 Å². The van der Waals surface area contributed by atoms with Gasteiger partial charge in [-0.2, -0.15) is 0 Å². The second kappa shape index (κ2) is 6.33. The van der Waals surface area contributed by atoms with Gasteiger partial charge in [0.25, 0.3) is 5.91 Å². The lowest BCUT2D eigenvalue weighted by atomic mass is 10.1. The summed E-state index contributed by atoms with van der Waals surface area (Å²) in [5, 5.41) is 0. The van der Waals surface area contributed by atoms with Crippen molar-refractivity contribution in [2.75, 3.05) is 27.2 Å². The zero-order valence-electron chi connectivity index (χ0n) is 15.1. The third-order valence-corrected chi connectivity index (χ3v) is 4.64. The molecule has 3 heterocycles. The summed E-state index contributed by atoms with van der Waals surface area (Å²) in [7, 11) is 3.60. The van der Waals surface area contributed by atoms with Crippen LogP contribution < -0.4 is 4.74 Å². The van der Waals surface area contributed by atoms with Crippen molar-refractivity contribution in [3.05, 3.63) is 47.7 Å². The maximum Gasteiger partial charge on any atom is 0.279 e. The van der Waals surface area contributed by atoms with Crippen LogP contribution in [-0.4, -0.2) is 58.5 Å². The summed E-state index contributed by atoms with van der Waals surface area (Å²) in [6.07, 6.45) is 6.47. The summed E-state index contributed by atoms with van der Waals surface area (Å²) in [4.78, 5) is 25.2. The van der Waals surface area contributed by atoms with Crippen molar-refractivity contribution in [1.29, 1.82) is 0 Å². The lowest BCUT2D eigenvalue weighted by Gasteiger charge is -2.31. The second-order valence-electron chi connectivity index (χ2n) is 6.53. The number of aromatic nitrogens is 2. The maximum atomic E-state index is 12.6. The Labute approximate surface area is 152 Å². The number of rotatable bonds is 3. The minimum atomic E-state index is -0.0418. The van der Waals surface area contributed by atoms with E-state index in [1.54, 1.807) is 18.3 Å². The Balaban J connectivity index is 1.68. The van der Waals surface area contributed by atoms with Gasteiger partial charge in [0.15, 0.2) is 0 Å². The van der Waals surface area contributed by atoms with Gasteiger partial charge in [0, 0.05) is 26.3 Å². The van der Waals surface area contributed by atoms with E-state index in [-0.39, 0.29) is 5.91 Å². The third kappa shape index (κ3) is 2.75. The number of carbonyl (C=O) groups is 1. The first kappa shape index (κ1) is 16.4. The molecule has 0 bridgehead atoms. The van der Waals surface area contributed by atoms with Crippen molar-refractivity contribution in [2.45, 2.75) is 13.3 Å². The highest BCUT2D eigenvalue weighted by molar-refractivity contribution is 6.13. The Morgan fingerprint density at radius 3 is 2.81 bits per heavy atom. The number of imidazole rings is 1. The molecule has 2 aliphatic heterocycles. The van der Waals surface area contributed by atoms with Crippen LogP contribution in [0.15, 0.2) is 41.4 Å². The van der Waals surface area contributed by atoms with Crippen LogP contribution in [0.25, 0.3) is 11.8 Å².